The van der Waals surface area contributed by atoms with Crippen LogP contribution >= 0.6 is 15.9 Å². The number of carbonyl (C=O) groups excluding carboxylic acids is 1. The third-order valence-electron chi connectivity index (χ3n) is 2.86. The highest BCUT2D eigenvalue weighted by Crippen LogP contribution is 2.21. The van der Waals surface area contributed by atoms with Gasteiger partial charge in [0.25, 0.3) is 5.91 Å². The molecule has 2 rings (SSSR count). The second-order valence-electron chi connectivity index (χ2n) is 4.57. The van der Waals surface area contributed by atoms with Gasteiger partial charge in [0.2, 0.25) is 0 Å². The topological polar surface area (TPSA) is 58.6 Å². The Labute approximate surface area is 131 Å². The van der Waals surface area contributed by atoms with E-state index >= 15 is 0 Å². The molecule has 0 unspecified atom stereocenters. The van der Waals surface area contributed by atoms with Crippen molar-refractivity contribution in [3.05, 3.63) is 58.6 Å². The second kappa shape index (κ2) is 7.24. The minimum Gasteiger partial charge on any atom is -0.484 e. The first-order chi connectivity index (χ1) is 10.1. The zero-order valence-electron chi connectivity index (χ0n) is 11.5. The molecule has 0 radical (unpaired) electrons. The van der Waals surface area contributed by atoms with E-state index in [-0.39, 0.29) is 12.5 Å². The molecule has 0 aliphatic heterocycles. The summed E-state index contributed by atoms with van der Waals surface area (Å²) in [7, 11) is 0. The number of aliphatic hydroxyl groups is 1. The maximum Gasteiger partial charge on any atom is 0.262 e. The molecule has 0 aliphatic carbocycles. The molecule has 0 bridgehead atoms. The van der Waals surface area contributed by atoms with Crippen molar-refractivity contribution in [2.45, 2.75) is 13.0 Å². The number of nitrogens with one attached hydrogen (secondary N) is 1. The van der Waals surface area contributed by atoms with Crippen LogP contribution in [0.5, 0.6) is 5.75 Å². The molecule has 0 heterocycles. The van der Waals surface area contributed by atoms with E-state index < -0.39 is 6.10 Å². The maximum absolute atomic E-state index is 11.9. The van der Waals surface area contributed by atoms with Gasteiger partial charge in [0.1, 0.15) is 5.75 Å². The average molecular weight is 350 g/mol. The molecule has 1 amide bonds. The van der Waals surface area contributed by atoms with Gasteiger partial charge in [-0.1, -0.05) is 24.3 Å². The molecular weight excluding hydrogens is 334 g/mol. The largest absolute Gasteiger partial charge is 0.484 e. The van der Waals surface area contributed by atoms with Crippen molar-refractivity contribution in [1.29, 1.82) is 0 Å². The summed E-state index contributed by atoms with van der Waals surface area (Å²) in [5.74, 6) is 0.306. The predicted octanol–water partition coefficient (Wildman–Crippen LogP) is 3.52. The third kappa shape index (κ3) is 4.58. The standard InChI is InChI=1S/C16H16BrNO3/c1-11(19)12-5-4-6-13(9-12)21-10-16(20)18-15-8-3-2-7-14(15)17/h2-9,11,19H,10H2,1H3,(H,18,20)/t11-/m1/s1. The van der Waals surface area contributed by atoms with E-state index in [0.29, 0.717) is 11.4 Å². The lowest BCUT2D eigenvalue weighted by Crippen LogP contribution is -2.20. The first-order valence-corrected chi connectivity index (χ1v) is 7.31. The van der Waals surface area contributed by atoms with Crippen molar-refractivity contribution in [1.82, 2.24) is 0 Å². The monoisotopic (exact) mass is 349 g/mol. The van der Waals surface area contributed by atoms with Gasteiger partial charge in [-0.05, 0) is 52.7 Å². The van der Waals surface area contributed by atoms with Crippen LogP contribution < -0.4 is 10.1 Å². The Morgan fingerprint density at radius 1 is 1.29 bits per heavy atom. The molecule has 5 heteroatoms. The Morgan fingerprint density at radius 2 is 2.05 bits per heavy atom. The van der Waals surface area contributed by atoms with Crippen LogP contribution in [0, 0.1) is 0 Å². The van der Waals surface area contributed by atoms with Crippen molar-refractivity contribution in [2.75, 3.05) is 11.9 Å². The Balaban J connectivity index is 1.92. The normalized spacial score (nSPS) is 11.8. The number of carbonyl (C=O) groups is 1. The zero-order chi connectivity index (χ0) is 15.2. The van der Waals surface area contributed by atoms with E-state index in [2.05, 4.69) is 21.2 Å². The molecule has 4 nitrogen and oxygen atoms in total. The van der Waals surface area contributed by atoms with Crippen LogP contribution in [0.3, 0.4) is 0 Å². The summed E-state index contributed by atoms with van der Waals surface area (Å²) < 4.78 is 6.25. The molecule has 0 aromatic heterocycles. The number of hydrogen-bond donors (Lipinski definition) is 2. The number of ether oxygens (including phenoxy) is 1. The van der Waals surface area contributed by atoms with Crippen molar-refractivity contribution >= 4 is 27.5 Å². The van der Waals surface area contributed by atoms with Crippen LogP contribution in [0.25, 0.3) is 0 Å². The fraction of sp³-hybridized carbons (Fsp3) is 0.188. The molecule has 0 saturated carbocycles. The summed E-state index contributed by atoms with van der Waals surface area (Å²) in [5.41, 5.74) is 1.45. The summed E-state index contributed by atoms with van der Waals surface area (Å²) in [6.07, 6.45) is -0.567. The average Bonchev–Trinajstić information content (AvgIpc) is 2.48. The maximum atomic E-state index is 11.9. The highest BCUT2D eigenvalue weighted by atomic mass is 79.9. The Hall–Kier alpha value is -1.85. The number of aliphatic hydroxyl groups excluding tert-OH is 1. The van der Waals surface area contributed by atoms with Crippen molar-refractivity contribution in [3.63, 3.8) is 0 Å². The number of anilines is 1. The van der Waals surface area contributed by atoms with Gasteiger partial charge in [0.05, 0.1) is 11.8 Å². The van der Waals surface area contributed by atoms with E-state index in [0.717, 1.165) is 10.0 Å². The highest BCUT2D eigenvalue weighted by molar-refractivity contribution is 9.10. The zero-order valence-corrected chi connectivity index (χ0v) is 13.1. The van der Waals surface area contributed by atoms with E-state index in [1.807, 2.05) is 18.2 Å². The molecule has 0 saturated heterocycles. The number of amides is 1. The van der Waals surface area contributed by atoms with Crippen LogP contribution in [0.4, 0.5) is 5.69 Å². The quantitative estimate of drug-likeness (QED) is 0.868. The van der Waals surface area contributed by atoms with Gasteiger partial charge in [-0.3, -0.25) is 4.79 Å². The molecule has 21 heavy (non-hydrogen) atoms. The molecule has 1 atom stereocenters. The lowest BCUT2D eigenvalue weighted by Gasteiger charge is -2.10. The fourth-order valence-electron chi connectivity index (χ4n) is 1.76. The van der Waals surface area contributed by atoms with Crippen LogP contribution in [0.15, 0.2) is 53.0 Å². The van der Waals surface area contributed by atoms with Gasteiger partial charge in [-0.25, -0.2) is 0 Å². The van der Waals surface area contributed by atoms with Gasteiger partial charge in [-0.15, -0.1) is 0 Å². The molecule has 110 valence electrons. The second-order valence-corrected chi connectivity index (χ2v) is 5.42. The van der Waals surface area contributed by atoms with E-state index in [1.54, 1.807) is 37.3 Å². The first kappa shape index (κ1) is 15.5. The van der Waals surface area contributed by atoms with Gasteiger partial charge < -0.3 is 15.2 Å². The molecule has 0 aliphatic rings. The summed E-state index contributed by atoms with van der Waals surface area (Å²) >= 11 is 3.36. The SMILES string of the molecule is C[C@@H](O)c1cccc(OCC(=O)Nc2ccccc2Br)c1. The van der Waals surface area contributed by atoms with Gasteiger partial charge >= 0.3 is 0 Å². The summed E-state index contributed by atoms with van der Waals surface area (Å²) in [4.78, 5) is 11.9. The van der Waals surface area contributed by atoms with Gasteiger partial charge in [0, 0.05) is 4.47 Å². The van der Waals surface area contributed by atoms with E-state index in [4.69, 9.17) is 4.74 Å². The Morgan fingerprint density at radius 3 is 2.76 bits per heavy atom. The van der Waals surface area contributed by atoms with Gasteiger partial charge in [-0.2, -0.15) is 0 Å². The minimum absolute atomic E-state index is 0.0927. The van der Waals surface area contributed by atoms with E-state index in [9.17, 15) is 9.90 Å². The minimum atomic E-state index is -0.567. The summed E-state index contributed by atoms with van der Waals surface area (Å²) in [5, 5.41) is 12.3. The summed E-state index contributed by atoms with van der Waals surface area (Å²) in [6, 6.07) is 14.4. The Kier molecular flexibility index (Phi) is 5.36. The highest BCUT2D eigenvalue weighted by Gasteiger charge is 2.07. The van der Waals surface area contributed by atoms with Crippen LogP contribution in [0.1, 0.15) is 18.6 Å². The predicted molar refractivity (Wildman–Crippen MR) is 85.3 cm³/mol. The smallest absolute Gasteiger partial charge is 0.262 e. The lowest BCUT2D eigenvalue weighted by atomic mass is 10.1. The molecule has 0 spiro atoms. The van der Waals surface area contributed by atoms with Crippen molar-refractivity contribution < 1.29 is 14.6 Å². The van der Waals surface area contributed by atoms with Gasteiger partial charge in [0.15, 0.2) is 6.61 Å². The van der Waals surface area contributed by atoms with E-state index in [1.165, 1.54) is 0 Å². The van der Waals surface area contributed by atoms with Crippen LogP contribution in [0.2, 0.25) is 0 Å². The molecule has 2 aromatic carbocycles. The number of halogens is 1. The number of para-hydroxylation sites is 1. The lowest BCUT2D eigenvalue weighted by molar-refractivity contribution is -0.118. The molecule has 0 fully saturated rings. The first-order valence-electron chi connectivity index (χ1n) is 6.51. The number of rotatable bonds is 5. The number of benzene rings is 2. The third-order valence-corrected chi connectivity index (χ3v) is 3.55. The number of hydrogen-bond acceptors (Lipinski definition) is 3. The fourth-order valence-corrected chi connectivity index (χ4v) is 2.15. The molecule has 2 aromatic rings. The van der Waals surface area contributed by atoms with Crippen LogP contribution in [-0.2, 0) is 4.79 Å². The molecule has 2 N–H and O–H groups in total. The van der Waals surface area contributed by atoms with Crippen molar-refractivity contribution in [3.8, 4) is 5.75 Å². The van der Waals surface area contributed by atoms with Crippen LogP contribution in [-0.4, -0.2) is 17.6 Å². The van der Waals surface area contributed by atoms with Crippen molar-refractivity contribution in [2.24, 2.45) is 0 Å². The molecular formula is C16H16BrNO3. The Bertz CT molecular complexity index is 628. The summed E-state index contributed by atoms with van der Waals surface area (Å²) in [6.45, 7) is 1.59.